The molecule has 2 aliphatic rings. The number of rotatable bonds is 2. The van der Waals surface area contributed by atoms with Crippen LogP contribution in [-0.2, 0) is 0 Å². The summed E-state index contributed by atoms with van der Waals surface area (Å²) in [5, 5.41) is 6.78. The highest BCUT2D eigenvalue weighted by Crippen LogP contribution is 2.27. The number of nitrogens with one attached hydrogen (secondary N) is 2. The van der Waals surface area contributed by atoms with E-state index < -0.39 is 0 Å². The van der Waals surface area contributed by atoms with Crippen molar-refractivity contribution in [3.63, 3.8) is 0 Å². The minimum absolute atomic E-state index is 0.512. The maximum absolute atomic E-state index is 4.41. The van der Waals surface area contributed by atoms with Crippen molar-refractivity contribution < 1.29 is 0 Å². The molecule has 0 saturated heterocycles. The molecule has 0 aromatic rings. The van der Waals surface area contributed by atoms with Gasteiger partial charge in [0.25, 0.3) is 0 Å². The zero-order valence-corrected chi connectivity index (χ0v) is 9.92. The third-order valence-corrected chi connectivity index (χ3v) is 3.51. The molecular weight excluding hydrogens is 186 g/mol. The van der Waals surface area contributed by atoms with Gasteiger partial charge >= 0.3 is 0 Å². The lowest BCUT2D eigenvalue weighted by molar-refractivity contribution is 0.282. The molecule has 0 spiro atoms. The molecule has 3 heteroatoms. The standard InChI is InChI=1S/C12H23N3/c1-9-4-3-5-11(6-9)8-14-12-13-7-10(2)15-12/h9-11H,3-8H2,1-2H3,(H2,13,14,15). The molecule has 1 aliphatic carbocycles. The highest BCUT2D eigenvalue weighted by atomic mass is 15.2. The lowest BCUT2D eigenvalue weighted by Gasteiger charge is -2.27. The molecule has 3 unspecified atom stereocenters. The Morgan fingerprint density at radius 3 is 2.93 bits per heavy atom. The summed E-state index contributed by atoms with van der Waals surface area (Å²) in [7, 11) is 0. The lowest BCUT2D eigenvalue weighted by Crippen LogP contribution is -2.40. The van der Waals surface area contributed by atoms with Crippen molar-refractivity contribution >= 4 is 5.96 Å². The number of aliphatic imine (C=N–C) groups is 1. The van der Waals surface area contributed by atoms with E-state index >= 15 is 0 Å². The second-order valence-corrected chi connectivity index (χ2v) is 5.25. The van der Waals surface area contributed by atoms with Crippen LogP contribution in [0.3, 0.4) is 0 Å². The molecule has 1 saturated carbocycles. The van der Waals surface area contributed by atoms with Gasteiger partial charge in [-0.2, -0.15) is 0 Å². The van der Waals surface area contributed by atoms with Crippen LogP contribution in [0.25, 0.3) is 0 Å². The zero-order chi connectivity index (χ0) is 10.7. The second-order valence-electron chi connectivity index (χ2n) is 5.25. The minimum Gasteiger partial charge on any atom is -0.356 e. The first-order valence-corrected chi connectivity index (χ1v) is 6.29. The Labute approximate surface area is 92.7 Å². The van der Waals surface area contributed by atoms with Crippen LogP contribution in [-0.4, -0.2) is 25.1 Å². The smallest absolute Gasteiger partial charge is 0.191 e. The van der Waals surface area contributed by atoms with Crippen LogP contribution in [0.4, 0.5) is 0 Å². The quantitative estimate of drug-likeness (QED) is 0.727. The van der Waals surface area contributed by atoms with Crippen LogP contribution >= 0.6 is 0 Å². The predicted molar refractivity (Wildman–Crippen MR) is 64.0 cm³/mol. The normalized spacial score (nSPS) is 35.9. The summed E-state index contributed by atoms with van der Waals surface area (Å²) in [4.78, 5) is 4.41. The van der Waals surface area contributed by atoms with E-state index in [2.05, 4.69) is 29.5 Å². The Morgan fingerprint density at radius 2 is 2.27 bits per heavy atom. The van der Waals surface area contributed by atoms with Gasteiger partial charge in [-0.1, -0.05) is 19.8 Å². The van der Waals surface area contributed by atoms with Crippen molar-refractivity contribution in [1.29, 1.82) is 0 Å². The van der Waals surface area contributed by atoms with Crippen LogP contribution in [0.1, 0.15) is 39.5 Å². The Morgan fingerprint density at radius 1 is 1.40 bits per heavy atom. The van der Waals surface area contributed by atoms with E-state index in [0.717, 1.165) is 30.9 Å². The van der Waals surface area contributed by atoms with Gasteiger partial charge in [-0.15, -0.1) is 0 Å². The lowest BCUT2D eigenvalue weighted by atomic mass is 9.82. The number of hydrogen-bond donors (Lipinski definition) is 2. The number of hydrogen-bond acceptors (Lipinski definition) is 3. The molecule has 2 rings (SSSR count). The fourth-order valence-corrected chi connectivity index (χ4v) is 2.65. The van der Waals surface area contributed by atoms with Crippen molar-refractivity contribution in [3.8, 4) is 0 Å². The van der Waals surface area contributed by atoms with Gasteiger partial charge in [0, 0.05) is 12.6 Å². The second kappa shape index (κ2) is 4.86. The third kappa shape index (κ3) is 3.11. The van der Waals surface area contributed by atoms with Gasteiger partial charge in [0.05, 0.1) is 6.54 Å². The molecule has 0 aromatic carbocycles. The SMILES string of the molecule is CC1CCCC(CNC2=NCC(C)N2)C1. The van der Waals surface area contributed by atoms with E-state index in [0.29, 0.717) is 6.04 Å². The average Bonchev–Trinajstić information content (AvgIpc) is 2.62. The molecular formula is C12H23N3. The highest BCUT2D eigenvalue weighted by Gasteiger charge is 2.20. The van der Waals surface area contributed by atoms with Crippen LogP contribution in [0.15, 0.2) is 4.99 Å². The molecule has 3 atom stereocenters. The third-order valence-electron chi connectivity index (χ3n) is 3.51. The monoisotopic (exact) mass is 209 g/mol. The zero-order valence-electron chi connectivity index (χ0n) is 9.92. The first-order valence-electron chi connectivity index (χ1n) is 6.29. The molecule has 0 radical (unpaired) electrons. The molecule has 1 aliphatic heterocycles. The van der Waals surface area contributed by atoms with Crippen molar-refractivity contribution in [1.82, 2.24) is 10.6 Å². The molecule has 86 valence electrons. The van der Waals surface area contributed by atoms with Gasteiger partial charge in [-0.3, -0.25) is 4.99 Å². The predicted octanol–water partition coefficient (Wildman–Crippen LogP) is 1.75. The maximum atomic E-state index is 4.41. The summed E-state index contributed by atoms with van der Waals surface area (Å²) in [5.41, 5.74) is 0. The van der Waals surface area contributed by atoms with Crippen molar-refractivity contribution in [2.75, 3.05) is 13.1 Å². The molecule has 1 heterocycles. The van der Waals surface area contributed by atoms with Crippen LogP contribution in [0, 0.1) is 11.8 Å². The topological polar surface area (TPSA) is 36.4 Å². The highest BCUT2D eigenvalue weighted by molar-refractivity contribution is 5.81. The van der Waals surface area contributed by atoms with Crippen LogP contribution in [0.5, 0.6) is 0 Å². The number of nitrogens with zero attached hydrogens (tertiary/aromatic N) is 1. The summed E-state index contributed by atoms with van der Waals surface area (Å²) in [6.45, 7) is 6.56. The molecule has 15 heavy (non-hydrogen) atoms. The molecule has 0 bridgehead atoms. The Hall–Kier alpha value is -0.730. The fourth-order valence-electron chi connectivity index (χ4n) is 2.65. The van der Waals surface area contributed by atoms with Crippen LogP contribution in [0.2, 0.25) is 0 Å². The van der Waals surface area contributed by atoms with Gasteiger partial charge in [0.15, 0.2) is 5.96 Å². The largest absolute Gasteiger partial charge is 0.356 e. The van der Waals surface area contributed by atoms with E-state index in [1.54, 1.807) is 0 Å². The molecule has 1 fully saturated rings. The Bertz CT molecular complexity index is 237. The van der Waals surface area contributed by atoms with E-state index in [1.807, 2.05) is 0 Å². The minimum atomic E-state index is 0.512. The summed E-state index contributed by atoms with van der Waals surface area (Å²) < 4.78 is 0. The molecule has 0 aromatic heterocycles. The van der Waals surface area contributed by atoms with E-state index in [9.17, 15) is 0 Å². The first kappa shape index (κ1) is 10.8. The van der Waals surface area contributed by atoms with Gasteiger partial charge in [0.2, 0.25) is 0 Å². The van der Waals surface area contributed by atoms with Gasteiger partial charge < -0.3 is 10.6 Å². The van der Waals surface area contributed by atoms with Crippen molar-refractivity contribution in [3.05, 3.63) is 0 Å². The number of guanidine groups is 1. The van der Waals surface area contributed by atoms with Crippen molar-refractivity contribution in [2.45, 2.75) is 45.6 Å². The van der Waals surface area contributed by atoms with E-state index in [1.165, 1.54) is 25.7 Å². The molecule has 0 amide bonds. The Kier molecular flexibility index (Phi) is 3.49. The van der Waals surface area contributed by atoms with E-state index in [-0.39, 0.29) is 0 Å². The van der Waals surface area contributed by atoms with Gasteiger partial charge in [0.1, 0.15) is 0 Å². The first-order chi connectivity index (χ1) is 7.24. The van der Waals surface area contributed by atoms with Crippen LogP contribution < -0.4 is 10.6 Å². The summed E-state index contributed by atoms with van der Waals surface area (Å²) in [6.07, 6.45) is 5.60. The summed E-state index contributed by atoms with van der Waals surface area (Å²) in [6, 6.07) is 0.512. The van der Waals surface area contributed by atoms with Crippen molar-refractivity contribution in [2.24, 2.45) is 16.8 Å². The summed E-state index contributed by atoms with van der Waals surface area (Å²) in [5.74, 6) is 2.79. The summed E-state index contributed by atoms with van der Waals surface area (Å²) >= 11 is 0. The molecule has 2 N–H and O–H groups in total. The Balaban J connectivity index is 1.69. The van der Waals surface area contributed by atoms with Gasteiger partial charge in [-0.25, -0.2) is 0 Å². The molecule has 3 nitrogen and oxygen atoms in total. The average molecular weight is 209 g/mol. The maximum Gasteiger partial charge on any atom is 0.191 e. The fraction of sp³-hybridized carbons (Fsp3) is 0.917. The van der Waals surface area contributed by atoms with Gasteiger partial charge in [-0.05, 0) is 31.6 Å². The van der Waals surface area contributed by atoms with E-state index in [4.69, 9.17) is 0 Å².